The van der Waals surface area contributed by atoms with Gasteiger partial charge in [-0.3, -0.25) is 14.6 Å². The lowest BCUT2D eigenvalue weighted by Crippen LogP contribution is -2.36. The molecule has 2 N–H and O–H groups in total. The van der Waals surface area contributed by atoms with E-state index < -0.39 is 5.82 Å². The van der Waals surface area contributed by atoms with E-state index in [0.29, 0.717) is 33.4 Å². The van der Waals surface area contributed by atoms with Gasteiger partial charge < -0.3 is 10.6 Å². The van der Waals surface area contributed by atoms with Crippen LogP contribution >= 0.6 is 0 Å². The van der Waals surface area contributed by atoms with Crippen molar-refractivity contribution in [1.82, 2.24) is 10.3 Å². The number of nitrogens with one attached hydrogen (secondary N) is 2. The van der Waals surface area contributed by atoms with Crippen molar-refractivity contribution in [3.05, 3.63) is 70.7 Å². The van der Waals surface area contributed by atoms with E-state index in [2.05, 4.69) is 15.6 Å². The molecule has 0 radical (unpaired) electrons. The standard InChI is InChI=1S/C25H26FN3O2/c1-15-12-17(24(30)28-19-6-4-3-5-7-19)8-11-22(15)29-25(31)21-13-16(2)27-23-14-18(26)9-10-20(21)23/h8-14,19H,3-7H2,1-2H3,(H,28,30)(H,29,31). The first-order valence-electron chi connectivity index (χ1n) is 10.7. The molecule has 31 heavy (non-hydrogen) atoms. The molecule has 2 aromatic carbocycles. The van der Waals surface area contributed by atoms with Gasteiger partial charge in [0.05, 0.1) is 11.1 Å². The number of pyridine rings is 1. The zero-order valence-corrected chi connectivity index (χ0v) is 17.8. The van der Waals surface area contributed by atoms with Gasteiger partial charge in [0, 0.05) is 34.4 Å². The third-order valence-corrected chi connectivity index (χ3v) is 5.82. The smallest absolute Gasteiger partial charge is 0.256 e. The number of carbonyl (C=O) groups excluding carboxylic acids is 2. The number of halogens is 1. The summed E-state index contributed by atoms with van der Waals surface area (Å²) in [6.07, 6.45) is 5.61. The number of fused-ring (bicyclic) bond motifs is 1. The van der Waals surface area contributed by atoms with Crippen molar-refractivity contribution in [1.29, 1.82) is 0 Å². The quantitative estimate of drug-likeness (QED) is 0.602. The van der Waals surface area contributed by atoms with Gasteiger partial charge in [-0.25, -0.2) is 4.39 Å². The Bertz CT molecular complexity index is 1150. The lowest BCUT2D eigenvalue weighted by atomic mass is 9.95. The molecule has 0 bridgehead atoms. The van der Waals surface area contributed by atoms with Crippen molar-refractivity contribution in [2.24, 2.45) is 0 Å². The van der Waals surface area contributed by atoms with Crippen LogP contribution in [0.3, 0.4) is 0 Å². The van der Waals surface area contributed by atoms with Gasteiger partial charge in [-0.05, 0) is 68.7 Å². The number of hydrogen-bond acceptors (Lipinski definition) is 3. The molecule has 0 unspecified atom stereocenters. The molecule has 1 aliphatic rings. The summed E-state index contributed by atoms with van der Waals surface area (Å²) in [6.45, 7) is 3.63. The van der Waals surface area contributed by atoms with Crippen LogP contribution in [0, 0.1) is 19.7 Å². The average Bonchev–Trinajstić information content (AvgIpc) is 2.74. The second-order valence-corrected chi connectivity index (χ2v) is 8.26. The Labute approximate surface area is 181 Å². The highest BCUT2D eigenvalue weighted by molar-refractivity contribution is 6.12. The number of aryl methyl sites for hydroxylation is 2. The molecule has 1 saturated carbocycles. The molecule has 1 heterocycles. The highest BCUT2D eigenvalue weighted by atomic mass is 19.1. The van der Waals surface area contributed by atoms with E-state index in [-0.39, 0.29) is 17.9 Å². The van der Waals surface area contributed by atoms with E-state index >= 15 is 0 Å². The van der Waals surface area contributed by atoms with E-state index in [1.807, 2.05) is 6.92 Å². The fourth-order valence-corrected chi connectivity index (χ4v) is 4.17. The zero-order chi connectivity index (χ0) is 22.0. The molecule has 0 aliphatic heterocycles. The van der Waals surface area contributed by atoms with Crippen molar-refractivity contribution >= 4 is 28.4 Å². The molecule has 1 fully saturated rings. The van der Waals surface area contributed by atoms with Crippen molar-refractivity contribution in [2.45, 2.75) is 52.0 Å². The SMILES string of the molecule is Cc1cc(C(=O)Nc2ccc(C(=O)NC3CCCCC3)cc2C)c2ccc(F)cc2n1. The normalized spacial score (nSPS) is 14.4. The molecular weight excluding hydrogens is 393 g/mol. The van der Waals surface area contributed by atoms with Gasteiger partial charge in [-0.15, -0.1) is 0 Å². The number of amides is 2. The summed E-state index contributed by atoms with van der Waals surface area (Å²) in [5.74, 6) is -0.773. The largest absolute Gasteiger partial charge is 0.349 e. The van der Waals surface area contributed by atoms with Crippen LogP contribution in [0.4, 0.5) is 10.1 Å². The highest BCUT2D eigenvalue weighted by Gasteiger charge is 2.18. The predicted octanol–water partition coefficient (Wildman–Crippen LogP) is 5.31. The Kier molecular flexibility index (Phi) is 5.98. The van der Waals surface area contributed by atoms with Crippen LogP contribution in [0.15, 0.2) is 42.5 Å². The van der Waals surface area contributed by atoms with Crippen LogP contribution in [-0.4, -0.2) is 22.8 Å². The first-order chi connectivity index (χ1) is 14.9. The number of aromatic nitrogens is 1. The van der Waals surface area contributed by atoms with Crippen LogP contribution in [0.2, 0.25) is 0 Å². The summed E-state index contributed by atoms with van der Waals surface area (Å²) in [4.78, 5) is 29.9. The molecule has 0 atom stereocenters. The summed E-state index contributed by atoms with van der Waals surface area (Å²) in [7, 11) is 0. The number of hydrogen-bond donors (Lipinski definition) is 2. The number of nitrogens with zero attached hydrogens (tertiary/aromatic N) is 1. The number of rotatable bonds is 4. The molecule has 4 rings (SSSR count). The van der Waals surface area contributed by atoms with E-state index in [4.69, 9.17) is 0 Å². The van der Waals surface area contributed by atoms with Crippen LogP contribution in [-0.2, 0) is 0 Å². The monoisotopic (exact) mass is 419 g/mol. The number of anilines is 1. The van der Waals surface area contributed by atoms with Gasteiger partial charge in [0.25, 0.3) is 11.8 Å². The lowest BCUT2D eigenvalue weighted by Gasteiger charge is -2.23. The zero-order valence-electron chi connectivity index (χ0n) is 17.8. The molecular formula is C25H26FN3O2. The van der Waals surface area contributed by atoms with Gasteiger partial charge in [0.1, 0.15) is 5.82 Å². The Hall–Kier alpha value is -3.28. The molecule has 5 nitrogen and oxygen atoms in total. The van der Waals surface area contributed by atoms with Crippen LogP contribution in [0.25, 0.3) is 10.9 Å². The van der Waals surface area contributed by atoms with E-state index in [9.17, 15) is 14.0 Å². The Morgan fingerprint density at radius 3 is 2.48 bits per heavy atom. The molecule has 1 aliphatic carbocycles. The molecule has 160 valence electrons. The number of carbonyl (C=O) groups is 2. The maximum atomic E-state index is 13.6. The second-order valence-electron chi connectivity index (χ2n) is 8.26. The lowest BCUT2D eigenvalue weighted by molar-refractivity contribution is 0.0927. The van der Waals surface area contributed by atoms with Crippen LogP contribution < -0.4 is 10.6 Å². The maximum Gasteiger partial charge on any atom is 0.256 e. The molecule has 3 aromatic rings. The minimum absolute atomic E-state index is 0.0781. The van der Waals surface area contributed by atoms with Crippen molar-refractivity contribution in [3.63, 3.8) is 0 Å². The van der Waals surface area contributed by atoms with Crippen molar-refractivity contribution < 1.29 is 14.0 Å². The molecule has 0 spiro atoms. The number of benzene rings is 2. The summed E-state index contributed by atoms with van der Waals surface area (Å²) in [5.41, 5.74) is 3.52. The van der Waals surface area contributed by atoms with Gasteiger partial charge in [-0.2, -0.15) is 0 Å². The Balaban J connectivity index is 1.53. The topological polar surface area (TPSA) is 71.1 Å². The summed E-state index contributed by atoms with van der Waals surface area (Å²) >= 11 is 0. The van der Waals surface area contributed by atoms with E-state index in [1.54, 1.807) is 37.3 Å². The Morgan fingerprint density at radius 1 is 0.968 bits per heavy atom. The van der Waals surface area contributed by atoms with Gasteiger partial charge in [0.2, 0.25) is 0 Å². The summed E-state index contributed by atoms with van der Waals surface area (Å²) < 4.78 is 13.6. The molecule has 6 heteroatoms. The molecule has 2 amide bonds. The third kappa shape index (κ3) is 4.74. The maximum absolute atomic E-state index is 13.6. The van der Waals surface area contributed by atoms with Gasteiger partial charge in [-0.1, -0.05) is 19.3 Å². The predicted molar refractivity (Wildman–Crippen MR) is 120 cm³/mol. The minimum Gasteiger partial charge on any atom is -0.349 e. The van der Waals surface area contributed by atoms with Gasteiger partial charge >= 0.3 is 0 Å². The molecule has 1 aromatic heterocycles. The van der Waals surface area contributed by atoms with E-state index in [0.717, 1.165) is 31.2 Å². The highest BCUT2D eigenvalue weighted by Crippen LogP contribution is 2.23. The first kappa shape index (κ1) is 21.0. The fraction of sp³-hybridized carbons (Fsp3) is 0.320. The van der Waals surface area contributed by atoms with Crippen molar-refractivity contribution in [2.75, 3.05) is 5.32 Å². The first-order valence-corrected chi connectivity index (χ1v) is 10.7. The second kappa shape index (κ2) is 8.84. The third-order valence-electron chi connectivity index (χ3n) is 5.82. The Morgan fingerprint density at radius 2 is 1.74 bits per heavy atom. The average molecular weight is 420 g/mol. The fourth-order valence-electron chi connectivity index (χ4n) is 4.17. The van der Waals surface area contributed by atoms with E-state index in [1.165, 1.54) is 18.6 Å². The van der Waals surface area contributed by atoms with Crippen molar-refractivity contribution in [3.8, 4) is 0 Å². The minimum atomic E-state index is -0.394. The van der Waals surface area contributed by atoms with Gasteiger partial charge in [0.15, 0.2) is 0 Å². The summed E-state index contributed by atoms with van der Waals surface area (Å²) in [5, 5.41) is 6.62. The van der Waals surface area contributed by atoms with Crippen LogP contribution in [0.5, 0.6) is 0 Å². The van der Waals surface area contributed by atoms with Crippen LogP contribution in [0.1, 0.15) is 64.1 Å². The summed E-state index contributed by atoms with van der Waals surface area (Å²) in [6, 6.07) is 11.4. The molecule has 0 saturated heterocycles.